The molecule has 0 aliphatic carbocycles. The second-order valence-corrected chi connectivity index (χ2v) is 4.38. The van der Waals surface area contributed by atoms with Gasteiger partial charge in [0.25, 0.3) is 0 Å². The molecule has 3 nitrogen and oxygen atoms in total. The number of hydrogen-bond donors (Lipinski definition) is 0. The standard InChI is InChI=1S/C10H22N.C2H4O2/c1-3-8-11(4-2)9-6-5-7-10-11;1-2(3)4/h3-10H2,1-2H3;1H3,(H,3,4)/q+1;/p-1. The normalized spacial score (nSPS) is 18.9. The second-order valence-electron chi connectivity index (χ2n) is 4.38. The molecule has 1 aliphatic heterocycles. The van der Waals surface area contributed by atoms with Crippen molar-refractivity contribution in [3.05, 3.63) is 0 Å². The van der Waals surface area contributed by atoms with Gasteiger partial charge in [0.2, 0.25) is 0 Å². The third-order valence-corrected chi connectivity index (χ3v) is 3.13. The Morgan fingerprint density at radius 2 is 1.67 bits per heavy atom. The lowest BCUT2D eigenvalue weighted by Gasteiger charge is -2.40. The molecule has 0 aromatic rings. The number of carboxylic acid groups (broad SMARTS) is 1. The summed E-state index contributed by atoms with van der Waals surface area (Å²) in [6.07, 6.45) is 5.76. The van der Waals surface area contributed by atoms with Crippen LogP contribution in [0.15, 0.2) is 0 Å². The van der Waals surface area contributed by atoms with E-state index >= 15 is 0 Å². The highest BCUT2D eigenvalue weighted by Gasteiger charge is 2.26. The number of hydrogen-bond acceptors (Lipinski definition) is 2. The van der Waals surface area contributed by atoms with E-state index < -0.39 is 5.97 Å². The minimum atomic E-state index is -1.08. The number of aliphatic carboxylic acids is 1. The van der Waals surface area contributed by atoms with Gasteiger partial charge in [-0.2, -0.15) is 0 Å². The van der Waals surface area contributed by atoms with Crippen molar-refractivity contribution in [1.29, 1.82) is 0 Å². The van der Waals surface area contributed by atoms with Crippen molar-refractivity contribution in [2.24, 2.45) is 0 Å². The minimum Gasteiger partial charge on any atom is -0.550 e. The molecule has 0 bridgehead atoms. The van der Waals surface area contributed by atoms with Crippen LogP contribution >= 0.6 is 0 Å². The van der Waals surface area contributed by atoms with Gasteiger partial charge < -0.3 is 14.4 Å². The Hall–Kier alpha value is -0.570. The lowest BCUT2D eigenvalue weighted by atomic mass is 10.1. The van der Waals surface area contributed by atoms with Crippen LogP contribution in [0.25, 0.3) is 0 Å². The summed E-state index contributed by atoms with van der Waals surface area (Å²) in [6, 6.07) is 0. The average Bonchev–Trinajstić information content (AvgIpc) is 2.19. The third kappa shape index (κ3) is 6.50. The number of quaternary nitrogens is 1. The van der Waals surface area contributed by atoms with Crippen LogP contribution in [-0.2, 0) is 4.79 Å². The molecule has 3 heteroatoms. The summed E-state index contributed by atoms with van der Waals surface area (Å²) in [7, 11) is 0. The Morgan fingerprint density at radius 3 is 2.00 bits per heavy atom. The van der Waals surface area contributed by atoms with Gasteiger partial charge in [0.15, 0.2) is 0 Å². The van der Waals surface area contributed by atoms with Crippen molar-refractivity contribution in [3.63, 3.8) is 0 Å². The Kier molecular flexibility index (Phi) is 7.39. The molecule has 0 N–H and O–H groups in total. The van der Waals surface area contributed by atoms with E-state index in [1.165, 1.54) is 56.3 Å². The Labute approximate surface area is 93.7 Å². The molecular weight excluding hydrogens is 190 g/mol. The molecular formula is C12H25NO2. The highest BCUT2D eigenvalue weighted by molar-refractivity contribution is 5.60. The fourth-order valence-electron chi connectivity index (χ4n) is 2.36. The first-order valence-electron chi connectivity index (χ1n) is 6.09. The number of carboxylic acids is 1. The SMILES string of the molecule is CC(=O)[O-].CCC[N+]1(CC)CCCCC1. The first-order valence-corrected chi connectivity index (χ1v) is 6.09. The highest BCUT2D eigenvalue weighted by Crippen LogP contribution is 2.18. The lowest BCUT2D eigenvalue weighted by molar-refractivity contribution is -0.930. The molecule has 1 rings (SSSR count). The number of piperidine rings is 1. The Bertz CT molecular complexity index is 165. The van der Waals surface area contributed by atoms with Gasteiger partial charge in [-0.25, -0.2) is 0 Å². The molecule has 0 aromatic carbocycles. The van der Waals surface area contributed by atoms with Crippen LogP contribution in [0.4, 0.5) is 0 Å². The van der Waals surface area contributed by atoms with Crippen LogP contribution < -0.4 is 5.11 Å². The predicted octanol–water partition coefficient (Wildman–Crippen LogP) is 1.17. The first kappa shape index (κ1) is 14.4. The van der Waals surface area contributed by atoms with Crippen LogP contribution in [0.5, 0.6) is 0 Å². The van der Waals surface area contributed by atoms with Gasteiger partial charge in [0.05, 0.1) is 26.2 Å². The van der Waals surface area contributed by atoms with Crippen molar-refractivity contribution in [2.75, 3.05) is 26.2 Å². The van der Waals surface area contributed by atoms with Crippen molar-refractivity contribution in [2.45, 2.75) is 46.5 Å². The van der Waals surface area contributed by atoms with E-state index in [-0.39, 0.29) is 0 Å². The van der Waals surface area contributed by atoms with E-state index in [0.717, 1.165) is 6.92 Å². The van der Waals surface area contributed by atoms with Gasteiger partial charge in [0, 0.05) is 5.97 Å². The van der Waals surface area contributed by atoms with Crippen LogP contribution in [0.2, 0.25) is 0 Å². The molecule has 1 aliphatic rings. The second kappa shape index (κ2) is 7.69. The Morgan fingerprint density at radius 1 is 1.20 bits per heavy atom. The van der Waals surface area contributed by atoms with E-state index in [9.17, 15) is 0 Å². The van der Waals surface area contributed by atoms with Crippen LogP contribution in [0.1, 0.15) is 46.5 Å². The quantitative estimate of drug-likeness (QED) is 0.663. The molecule has 0 saturated carbocycles. The fourth-order valence-corrected chi connectivity index (χ4v) is 2.36. The van der Waals surface area contributed by atoms with Crippen LogP contribution in [-0.4, -0.2) is 36.6 Å². The summed E-state index contributed by atoms with van der Waals surface area (Å²) in [6.45, 7) is 11.3. The van der Waals surface area contributed by atoms with Gasteiger partial charge in [-0.1, -0.05) is 6.92 Å². The van der Waals surface area contributed by atoms with Crippen molar-refractivity contribution >= 4 is 5.97 Å². The predicted molar refractivity (Wildman–Crippen MR) is 60.2 cm³/mol. The zero-order chi connectivity index (χ0) is 11.7. The van der Waals surface area contributed by atoms with Crippen molar-refractivity contribution < 1.29 is 14.4 Å². The molecule has 1 heterocycles. The van der Waals surface area contributed by atoms with Crippen molar-refractivity contribution in [3.8, 4) is 0 Å². The third-order valence-electron chi connectivity index (χ3n) is 3.13. The lowest BCUT2D eigenvalue weighted by Crippen LogP contribution is -2.51. The van der Waals surface area contributed by atoms with Gasteiger partial charge in [0.1, 0.15) is 0 Å². The molecule has 0 unspecified atom stereocenters. The zero-order valence-electron chi connectivity index (χ0n) is 10.4. The highest BCUT2D eigenvalue weighted by atomic mass is 16.4. The van der Waals surface area contributed by atoms with Crippen molar-refractivity contribution in [1.82, 2.24) is 0 Å². The fraction of sp³-hybridized carbons (Fsp3) is 0.917. The summed E-state index contributed by atoms with van der Waals surface area (Å²) in [4.78, 5) is 8.89. The zero-order valence-corrected chi connectivity index (χ0v) is 10.4. The molecule has 0 amide bonds. The topological polar surface area (TPSA) is 40.1 Å². The molecule has 0 radical (unpaired) electrons. The number of carbonyl (C=O) groups is 1. The summed E-state index contributed by atoms with van der Waals surface area (Å²) in [5.41, 5.74) is 0. The van der Waals surface area contributed by atoms with E-state index in [1.54, 1.807) is 0 Å². The van der Waals surface area contributed by atoms with E-state index in [4.69, 9.17) is 9.90 Å². The van der Waals surface area contributed by atoms with Crippen LogP contribution in [0.3, 0.4) is 0 Å². The first-order chi connectivity index (χ1) is 7.06. The number of carbonyl (C=O) groups excluding carboxylic acids is 1. The summed E-state index contributed by atoms with van der Waals surface area (Å²) < 4.78 is 1.41. The summed E-state index contributed by atoms with van der Waals surface area (Å²) in [5.74, 6) is -1.08. The molecule has 15 heavy (non-hydrogen) atoms. The monoisotopic (exact) mass is 215 g/mol. The van der Waals surface area contributed by atoms with E-state index in [0.29, 0.717) is 0 Å². The Balaban J connectivity index is 0.000000423. The van der Waals surface area contributed by atoms with Gasteiger partial charge in [-0.05, 0) is 39.5 Å². The number of nitrogens with zero attached hydrogens (tertiary/aromatic N) is 1. The van der Waals surface area contributed by atoms with Gasteiger partial charge in [-0.15, -0.1) is 0 Å². The minimum absolute atomic E-state index is 0.972. The molecule has 0 atom stereocenters. The average molecular weight is 215 g/mol. The van der Waals surface area contributed by atoms with E-state index in [2.05, 4.69) is 13.8 Å². The summed E-state index contributed by atoms with van der Waals surface area (Å²) >= 11 is 0. The van der Waals surface area contributed by atoms with Gasteiger partial charge >= 0.3 is 0 Å². The number of rotatable bonds is 3. The maximum atomic E-state index is 8.89. The maximum Gasteiger partial charge on any atom is 0.0786 e. The molecule has 0 aromatic heterocycles. The van der Waals surface area contributed by atoms with E-state index in [1.807, 2.05) is 0 Å². The molecule has 1 saturated heterocycles. The summed E-state index contributed by atoms with van der Waals surface area (Å²) in [5, 5.41) is 8.89. The molecule has 90 valence electrons. The molecule has 0 spiro atoms. The number of likely N-dealkylation sites (tertiary alicyclic amines) is 1. The smallest absolute Gasteiger partial charge is 0.0786 e. The maximum absolute atomic E-state index is 8.89. The molecule has 1 fully saturated rings. The van der Waals surface area contributed by atoms with Gasteiger partial charge in [-0.3, -0.25) is 0 Å². The van der Waals surface area contributed by atoms with Crippen LogP contribution in [0, 0.1) is 0 Å². The largest absolute Gasteiger partial charge is 0.550 e.